The van der Waals surface area contributed by atoms with Gasteiger partial charge in [0.1, 0.15) is 24.2 Å². The van der Waals surface area contributed by atoms with Gasteiger partial charge in [0, 0.05) is 19.2 Å². The molecule has 2 rings (SSSR count). The van der Waals surface area contributed by atoms with Crippen LogP contribution in [0.25, 0.3) is 11.4 Å². The first kappa shape index (κ1) is 21.6. The molecule has 28 heavy (non-hydrogen) atoms. The lowest BCUT2D eigenvalue weighted by molar-refractivity contribution is -0.145. The third-order valence-electron chi connectivity index (χ3n) is 4.44. The number of nitrogens with zero attached hydrogens (tertiary/aromatic N) is 4. The summed E-state index contributed by atoms with van der Waals surface area (Å²) < 4.78 is 5.97. The number of carbonyl (C=O) groups is 1. The van der Waals surface area contributed by atoms with Crippen LogP contribution in [0, 0.1) is 0 Å². The van der Waals surface area contributed by atoms with Crippen LogP contribution in [0.4, 0.5) is 0 Å². The van der Waals surface area contributed by atoms with Crippen LogP contribution in [0.15, 0.2) is 30.9 Å². The van der Waals surface area contributed by atoms with E-state index in [1.807, 2.05) is 4.90 Å². The fourth-order valence-corrected chi connectivity index (χ4v) is 2.87. The van der Waals surface area contributed by atoms with Gasteiger partial charge < -0.3 is 14.7 Å². The Balaban J connectivity index is 2.15. The maximum Gasteiger partial charge on any atom is 0.266 e. The minimum Gasteiger partial charge on any atom is -0.507 e. The van der Waals surface area contributed by atoms with Crippen molar-refractivity contribution < 1.29 is 14.6 Å². The van der Waals surface area contributed by atoms with E-state index in [-0.39, 0.29) is 11.7 Å². The summed E-state index contributed by atoms with van der Waals surface area (Å²) in [6.07, 6.45) is 6.73. The zero-order valence-corrected chi connectivity index (χ0v) is 17.2. The van der Waals surface area contributed by atoms with Gasteiger partial charge in [-0.15, -0.1) is 0 Å². The smallest absolute Gasteiger partial charge is 0.266 e. The highest BCUT2D eigenvalue weighted by Gasteiger charge is 2.34. The molecule has 152 valence electrons. The van der Waals surface area contributed by atoms with Gasteiger partial charge in [-0.3, -0.25) is 4.79 Å². The molecule has 0 aliphatic rings. The Morgan fingerprint density at radius 2 is 1.71 bits per heavy atom. The molecule has 0 bridgehead atoms. The Morgan fingerprint density at radius 1 is 1.11 bits per heavy atom. The van der Waals surface area contributed by atoms with Crippen LogP contribution in [0.2, 0.25) is 0 Å². The summed E-state index contributed by atoms with van der Waals surface area (Å²) >= 11 is 0. The van der Waals surface area contributed by atoms with Gasteiger partial charge in [0.25, 0.3) is 5.91 Å². The number of aromatic nitrogens is 3. The summed E-state index contributed by atoms with van der Waals surface area (Å²) in [5, 5.41) is 10.3. The molecule has 0 aliphatic carbocycles. The number of hydrogen-bond acceptors (Lipinski definition) is 6. The molecule has 0 atom stereocenters. The van der Waals surface area contributed by atoms with E-state index in [2.05, 4.69) is 28.8 Å². The lowest BCUT2D eigenvalue weighted by Crippen LogP contribution is -2.49. The zero-order valence-electron chi connectivity index (χ0n) is 17.2. The first-order valence-electron chi connectivity index (χ1n) is 9.82. The molecule has 0 saturated heterocycles. The van der Waals surface area contributed by atoms with Crippen LogP contribution in [0.3, 0.4) is 0 Å². The van der Waals surface area contributed by atoms with Crippen molar-refractivity contribution in [3.8, 4) is 22.9 Å². The molecule has 1 heterocycles. The van der Waals surface area contributed by atoms with Crippen molar-refractivity contribution in [1.29, 1.82) is 0 Å². The van der Waals surface area contributed by atoms with Crippen LogP contribution >= 0.6 is 0 Å². The number of hydrogen-bond donors (Lipinski definition) is 1. The highest BCUT2D eigenvalue weighted by molar-refractivity contribution is 5.85. The highest BCUT2D eigenvalue weighted by atomic mass is 16.5. The molecule has 0 fully saturated rings. The maximum atomic E-state index is 13.1. The molecule has 1 aromatic carbocycles. The number of phenolic OH excluding ortho intramolecular Hbond substituents is 1. The number of carbonyl (C=O) groups excluding carboxylic acids is 1. The Labute approximate surface area is 166 Å². The van der Waals surface area contributed by atoms with Crippen LogP contribution in [0.1, 0.15) is 53.4 Å². The molecule has 0 aliphatic heterocycles. The van der Waals surface area contributed by atoms with Gasteiger partial charge >= 0.3 is 0 Å². The molecule has 0 saturated carbocycles. The van der Waals surface area contributed by atoms with Gasteiger partial charge in [-0.2, -0.15) is 0 Å². The van der Waals surface area contributed by atoms with Crippen molar-refractivity contribution in [2.75, 3.05) is 13.1 Å². The van der Waals surface area contributed by atoms with Gasteiger partial charge in [0.05, 0.1) is 5.56 Å². The Bertz CT molecular complexity index is 758. The lowest BCUT2D eigenvalue weighted by atomic mass is 10.1. The van der Waals surface area contributed by atoms with E-state index in [9.17, 15) is 9.90 Å². The second-order valence-electron chi connectivity index (χ2n) is 7.25. The van der Waals surface area contributed by atoms with E-state index >= 15 is 0 Å². The predicted molar refractivity (Wildman–Crippen MR) is 108 cm³/mol. The summed E-state index contributed by atoms with van der Waals surface area (Å²) in [6, 6.07) is 4.86. The van der Waals surface area contributed by atoms with Crippen LogP contribution in [-0.4, -0.2) is 49.6 Å². The average molecular weight is 386 g/mol. The molecule has 2 aromatic rings. The first-order chi connectivity index (χ1) is 13.4. The van der Waals surface area contributed by atoms with Gasteiger partial charge in [-0.05, 0) is 38.8 Å². The summed E-state index contributed by atoms with van der Waals surface area (Å²) in [5.74, 6) is 0.732. The number of ether oxygens (including phenoxy) is 1. The van der Waals surface area contributed by atoms with Gasteiger partial charge in [0.15, 0.2) is 11.4 Å². The molecule has 0 unspecified atom stereocenters. The van der Waals surface area contributed by atoms with E-state index in [0.717, 1.165) is 38.8 Å². The Hall–Kier alpha value is -2.70. The molecule has 0 radical (unpaired) electrons. The maximum absolute atomic E-state index is 13.1. The third-order valence-corrected chi connectivity index (χ3v) is 4.44. The van der Waals surface area contributed by atoms with Crippen molar-refractivity contribution in [2.24, 2.45) is 0 Å². The molecule has 1 amide bonds. The number of unbranched alkanes of at least 4 members (excludes halogenated alkanes) is 2. The van der Waals surface area contributed by atoms with Gasteiger partial charge in [-0.25, -0.2) is 15.0 Å². The van der Waals surface area contributed by atoms with E-state index in [0.29, 0.717) is 17.1 Å². The van der Waals surface area contributed by atoms with Crippen molar-refractivity contribution >= 4 is 5.91 Å². The van der Waals surface area contributed by atoms with Gasteiger partial charge in [0.2, 0.25) is 0 Å². The monoisotopic (exact) mass is 386 g/mol. The van der Waals surface area contributed by atoms with Gasteiger partial charge in [-0.1, -0.05) is 26.7 Å². The van der Waals surface area contributed by atoms with E-state index < -0.39 is 5.60 Å². The van der Waals surface area contributed by atoms with E-state index in [1.165, 1.54) is 18.7 Å². The van der Waals surface area contributed by atoms with Crippen molar-refractivity contribution in [2.45, 2.75) is 59.0 Å². The quantitative estimate of drug-likeness (QED) is 0.667. The second-order valence-corrected chi connectivity index (χ2v) is 7.25. The van der Waals surface area contributed by atoms with Crippen LogP contribution < -0.4 is 4.74 Å². The minimum absolute atomic E-state index is 0.0132. The normalized spacial score (nSPS) is 11.3. The lowest BCUT2D eigenvalue weighted by Gasteiger charge is -2.32. The second kappa shape index (κ2) is 10.0. The molecular weight excluding hydrogens is 356 g/mol. The van der Waals surface area contributed by atoms with E-state index in [4.69, 9.17) is 4.74 Å². The molecule has 0 spiro atoms. The molecule has 1 aromatic heterocycles. The molecule has 7 nitrogen and oxygen atoms in total. The molecule has 1 N–H and O–H groups in total. The van der Waals surface area contributed by atoms with Crippen molar-refractivity contribution in [3.63, 3.8) is 0 Å². The van der Waals surface area contributed by atoms with Crippen molar-refractivity contribution in [1.82, 2.24) is 19.9 Å². The topological polar surface area (TPSA) is 88.4 Å². The van der Waals surface area contributed by atoms with Crippen LogP contribution in [0.5, 0.6) is 11.5 Å². The highest BCUT2D eigenvalue weighted by Crippen LogP contribution is 2.32. The first-order valence-corrected chi connectivity index (χ1v) is 9.82. The third kappa shape index (κ3) is 5.65. The Morgan fingerprint density at radius 3 is 2.25 bits per heavy atom. The van der Waals surface area contributed by atoms with Crippen molar-refractivity contribution in [3.05, 3.63) is 30.9 Å². The summed E-state index contributed by atoms with van der Waals surface area (Å²) in [7, 11) is 0. The predicted octanol–water partition coefficient (Wildman–Crippen LogP) is 3.83. The fraction of sp³-hybridized carbons (Fsp3) is 0.524. The van der Waals surface area contributed by atoms with Crippen LogP contribution in [-0.2, 0) is 4.79 Å². The SMILES string of the molecule is CCCCN(CCCC)C(=O)C(C)(C)Oc1ccc(-c2ncncn2)c(O)c1. The molecular formula is C21H30N4O3. The summed E-state index contributed by atoms with van der Waals surface area (Å²) in [5.41, 5.74) is -0.561. The largest absolute Gasteiger partial charge is 0.507 e. The summed E-state index contributed by atoms with van der Waals surface area (Å²) in [6.45, 7) is 9.20. The fourth-order valence-electron chi connectivity index (χ4n) is 2.87. The zero-order chi connectivity index (χ0) is 20.6. The van der Waals surface area contributed by atoms with E-state index in [1.54, 1.807) is 26.0 Å². The average Bonchev–Trinajstić information content (AvgIpc) is 2.68. The number of benzene rings is 1. The molecule has 7 heteroatoms. The number of aromatic hydroxyl groups is 1. The standard InChI is InChI=1S/C21H30N4O3/c1-5-7-11-25(12-8-6-2)20(27)21(3,4)28-16-9-10-17(18(26)13-16)19-23-14-22-15-24-19/h9-10,13-15,26H,5-8,11-12H2,1-4H3. The summed E-state index contributed by atoms with van der Waals surface area (Å²) in [4.78, 5) is 26.8. The minimum atomic E-state index is -1.04. The number of rotatable bonds is 10. The number of amides is 1. The number of phenols is 1. The Kier molecular flexibility index (Phi) is 7.72.